The van der Waals surface area contributed by atoms with Crippen LogP contribution in [0.3, 0.4) is 0 Å². The van der Waals surface area contributed by atoms with Gasteiger partial charge < -0.3 is 24.6 Å². The molecule has 0 radical (unpaired) electrons. The summed E-state index contributed by atoms with van der Waals surface area (Å²) in [5, 5.41) is 13.0. The van der Waals surface area contributed by atoms with E-state index in [1.54, 1.807) is 31.4 Å². The lowest BCUT2D eigenvalue weighted by atomic mass is 9.98. The molecule has 4 aromatic rings. The van der Waals surface area contributed by atoms with Crippen LogP contribution in [0.4, 0.5) is 4.79 Å². The fourth-order valence-corrected chi connectivity index (χ4v) is 5.28. The van der Waals surface area contributed by atoms with Crippen LogP contribution in [0.1, 0.15) is 33.7 Å². The van der Waals surface area contributed by atoms with E-state index in [1.165, 1.54) is 0 Å². The molecule has 1 amide bonds. The highest BCUT2D eigenvalue weighted by atomic mass is 35.5. The van der Waals surface area contributed by atoms with Gasteiger partial charge in [-0.2, -0.15) is 0 Å². The van der Waals surface area contributed by atoms with Gasteiger partial charge in [-0.15, -0.1) is 0 Å². The van der Waals surface area contributed by atoms with Crippen LogP contribution in [-0.2, 0) is 22.6 Å². The maximum absolute atomic E-state index is 12.8. The molecule has 4 aromatic carbocycles. The lowest BCUT2D eigenvalue weighted by Crippen LogP contribution is -2.42. The fourth-order valence-electron chi connectivity index (χ4n) is 5.16. The van der Waals surface area contributed by atoms with E-state index in [2.05, 4.69) is 17.4 Å². The summed E-state index contributed by atoms with van der Waals surface area (Å²) < 4.78 is 17.0. The van der Waals surface area contributed by atoms with Gasteiger partial charge in [0.25, 0.3) is 0 Å². The van der Waals surface area contributed by atoms with Gasteiger partial charge in [-0.3, -0.25) is 0 Å². The van der Waals surface area contributed by atoms with Crippen LogP contribution >= 0.6 is 11.6 Å². The number of aliphatic carboxylic acids is 1. The van der Waals surface area contributed by atoms with E-state index in [1.807, 2.05) is 55.5 Å². The van der Waals surface area contributed by atoms with Crippen molar-refractivity contribution in [2.24, 2.45) is 0 Å². The van der Waals surface area contributed by atoms with Crippen LogP contribution in [0.15, 0.2) is 84.9 Å². The standard InChI is InChI=1S/C33H30ClNO6/c1-20-15-23(12-13-29(20)34)40-18-22-16-21(11-14-31(22)39-2)17-30(32(36)37)35-33(38)41-19-28-26-9-5-3-7-24(26)25-8-4-6-10-27(25)28/h3-16,28,30H,17-19H2,1-2H3,(H,35,38)(H,36,37). The molecule has 5 rings (SSSR count). The zero-order valence-electron chi connectivity index (χ0n) is 22.7. The fraction of sp³-hybridized carbons (Fsp3) is 0.212. The van der Waals surface area contributed by atoms with E-state index in [0.29, 0.717) is 22.1 Å². The number of hydrogen-bond acceptors (Lipinski definition) is 5. The van der Waals surface area contributed by atoms with Crippen molar-refractivity contribution in [3.05, 3.63) is 118 Å². The van der Waals surface area contributed by atoms with Crippen LogP contribution < -0.4 is 14.8 Å². The van der Waals surface area contributed by atoms with E-state index in [4.69, 9.17) is 25.8 Å². The highest BCUT2D eigenvalue weighted by Crippen LogP contribution is 2.44. The molecule has 0 aromatic heterocycles. The van der Waals surface area contributed by atoms with Crippen LogP contribution in [-0.4, -0.2) is 36.9 Å². The topological polar surface area (TPSA) is 94.1 Å². The van der Waals surface area contributed by atoms with Crippen LogP contribution in [0.5, 0.6) is 11.5 Å². The predicted molar refractivity (Wildman–Crippen MR) is 157 cm³/mol. The quantitative estimate of drug-likeness (QED) is 0.218. The summed E-state index contributed by atoms with van der Waals surface area (Å²) in [4.78, 5) is 24.8. The largest absolute Gasteiger partial charge is 0.496 e. The molecule has 1 unspecified atom stereocenters. The number of nitrogens with one attached hydrogen (secondary N) is 1. The van der Waals surface area contributed by atoms with E-state index in [9.17, 15) is 14.7 Å². The van der Waals surface area contributed by atoms with Crippen molar-refractivity contribution in [1.82, 2.24) is 5.32 Å². The molecule has 210 valence electrons. The number of hydrogen-bond donors (Lipinski definition) is 2. The highest BCUT2D eigenvalue weighted by molar-refractivity contribution is 6.31. The number of benzene rings is 4. The molecule has 41 heavy (non-hydrogen) atoms. The first kappa shape index (κ1) is 28.1. The molecular weight excluding hydrogens is 542 g/mol. The summed E-state index contributed by atoms with van der Waals surface area (Å²) in [6.07, 6.45) is -0.731. The number of alkyl carbamates (subject to hydrolysis) is 1. The number of aryl methyl sites for hydroxylation is 1. The molecule has 1 atom stereocenters. The monoisotopic (exact) mass is 571 g/mol. The molecule has 1 aliphatic rings. The Bertz CT molecular complexity index is 1540. The molecule has 0 saturated carbocycles. The zero-order chi connectivity index (χ0) is 28.9. The molecule has 8 heteroatoms. The second kappa shape index (κ2) is 12.4. The van der Waals surface area contributed by atoms with Gasteiger partial charge in [0.15, 0.2) is 0 Å². The van der Waals surface area contributed by atoms with Gasteiger partial charge in [-0.05, 0) is 70.6 Å². The molecular formula is C33H30ClNO6. The molecule has 0 saturated heterocycles. The van der Waals surface area contributed by atoms with Gasteiger partial charge in [-0.1, -0.05) is 66.2 Å². The Morgan fingerprint density at radius 1 is 0.951 bits per heavy atom. The molecule has 0 bridgehead atoms. The average molecular weight is 572 g/mol. The summed E-state index contributed by atoms with van der Waals surface area (Å²) in [5.41, 5.74) is 6.73. The third kappa shape index (κ3) is 6.31. The minimum absolute atomic E-state index is 0.0522. The lowest BCUT2D eigenvalue weighted by molar-refractivity contribution is -0.139. The SMILES string of the molecule is COc1ccc(CC(NC(=O)OCC2c3ccccc3-c3ccccc32)C(=O)O)cc1COc1ccc(Cl)c(C)c1. The molecule has 0 fully saturated rings. The number of halogens is 1. The number of carboxylic acids is 1. The number of fused-ring (bicyclic) bond motifs is 3. The van der Waals surface area contributed by atoms with Crippen molar-refractivity contribution in [2.75, 3.05) is 13.7 Å². The summed E-state index contributed by atoms with van der Waals surface area (Å²) in [6.45, 7) is 2.20. The first-order chi connectivity index (χ1) is 19.8. The Labute approximate surface area is 243 Å². The molecule has 0 heterocycles. The third-order valence-corrected chi connectivity index (χ3v) is 7.67. The van der Waals surface area contributed by atoms with E-state index >= 15 is 0 Å². The number of carboxylic acid groups (broad SMARTS) is 1. The summed E-state index contributed by atoms with van der Waals surface area (Å²) in [6, 6.07) is 25.6. The van der Waals surface area contributed by atoms with Crippen molar-refractivity contribution < 1.29 is 28.9 Å². The highest BCUT2D eigenvalue weighted by Gasteiger charge is 2.30. The number of amides is 1. The van der Waals surface area contributed by atoms with E-state index in [-0.39, 0.29) is 25.6 Å². The number of ether oxygens (including phenoxy) is 3. The third-order valence-electron chi connectivity index (χ3n) is 7.24. The normalized spacial score (nSPS) is 12.7. The Morgan fingerprint density at radius 3 is 2.27 bits per heavy atom. The van der Waals surface area contributed by atoms with Crippen LogP contribution in [0, 0.1) is 6.92 Å². The van der Waals surface area contributed by atoms with E-state index < -0.39 is 18.1 Å². The second-order valence-corrected chi connectivity index (χ2v) is 10.3. The van der Waals surface area contributed by atoms with Gasteiger partial charge in [0.1, 0.15) is 30.8 Å². The smallest absolute Gasteiger partial charge is 0.407 e. The number of carbonyl (C=O) groups excluding carboxylic acids is 1. The Balaban J connectivity index is 1.24. The second-order valence-electron chi connectivity index (χ2n) is 9.91. The molecule has 1 aliphatic carbocycles. The van der Waals surface area contributed by atoms with Gasteiger partial charge in [0, 0.05) is 22.9 Å². The number of carbonyl (C=O) groups is 2. The van der Waals surface area contributed by atoms with Crippen molar-refractivity contribution in [2.45, 2.75) is 31.9 Å². The summed E-state index contributed by atoms with van der Waals surface area (Å²) >= 11 is 6.11. The number of rotatable bonds is 10. The van der Waals surface area contributed by atoms with Crippen molar-refractivity contribution >= 4 is 23.7 Å². The predicted octanol–water partition coefficient (Wildman–Crippen LogP) is 6.77. The van der Waals surface area contributed by atoms with Crippen molar-refractivity contribution in [3.63, 3.8) is 0 Å². The summed E-state index contributed by atoms with van der Waals surface area (Å²) in [5.74, 6) is -0.0238. The Hall–Kier alpha value is -4.49. The minimum atomic E-state index is -1.19. The van der Waals surface area contributed by atoms with Gasteiger partial charge >= 0.3 is 12.1 Å². The zero-order valence-corrected chi connectivity index (χ0v) is 23.5. The molecule has 7 nitrogen and oxygen atoms in total. The summed E-state index contributed by atoms with van der Waals surface area (Å²) in [7, 11) is 1.56. The van der Waals surface area contributed by atoms with Crippen molar-refractivity contribution in [3.8, 4) is 22.6 Å². The Morgan fingerprint density at radius 2 is 1.63 bits per heavy atom. The first-order valence-corrected chi connectivity index (χ1v) is 13.6. The first-order valence-electron chi connectivity index (χ1n) is 13.2. The average Bonchev–Trinajstić information content (AvgIpc) is 3.30. The van der Waals surface area contributed by atoms with Crippen LogP contribution in [0.2, 0.25) is 5.02 Å². The number of methoxy groups -OCH3 is 1. The maximum Gasteiger partial charge on any atom is 0.407 e. The Kier molecular flexibility index (Phi) is 8.45. The van der Waals surface area contributed by atoms with E-state index in [0.717, 1.165) is 33.4 Å². The van der Waals surface area contributed by atoms with Crippen molar-refractivity contribution in [1.29, 1.82) is 0 Å². The molecule has 0 spiro atoms. The maximum atomic E-state index is 12.8. The minimum Gasteiger partial charge on any atom is -0.496 e. The molecule has 0 aliphatic heterocycles. The van der Waals surface area contributed by atoms with Gasteiger partial charge in [-0.25, -0.2) is 9.59 Å². The lowest BCUT2D eigenvalue weighted by Gasteiger charge is -2.18. The van der Waals surface area contributed by atoms with Gasteiger partial charge in [0.05, 0.1) is 7.11 Å². The van der Waals surface area contributed by atoms with Crippen LogP contribution in [0.25, 0.3) is 11.1 Å². The molecule has 2 N–H and O–H groups in total. The van der Waals surface area contributed by atoms with Gasteiger partial charge in [0.2, 0.25) is 0 Å².